The maximum atomic E-state index is 12.1. The normalized spacial score (nSPS) is 22.6. The standard InChI is InChI=1S/C13H19N3O3S/c1-9-6-16(13(18)5-15-12(17)4-14)7-11(19-9)10-2-3-20-8-10/h2-3,8-9,11H,4-7,14H2,1H3,(H,15,17). The average molecular weight is 297 g/mol. The fraction of sp³-hybridized carbons (Fsp3) is 0.538. The molecule has 1 aromatic rings. The van der Waals surface area contributed by atoms with E-state index in [1.807, 2.05) is 23.8 Å². The van der Waals surface area contributed by atoms with Gasteiger partial charge in [0, 0.05) is 6.54 Å². The third-order valence-electron chi connectivity index (χ3n) is 3.15. The number of morpholine rings is 1. The minimum atomic E-state index is -0.325. The van der Waals surface area contributed by atoms with Crippen LogP contribution in [0, 0.1) is 0 Å². The fourth-order valence-corrected chi connectivity index (χ4v) is 2.86. The Morgan fingerprint density at radius 2 is 2.35 bits per heavy atom. The third kappa shape index (κ3) is 3.78. The number of hydrogen-bond donors (Lipinski definition) is 2. The molecule has 1 aliphatic rings. The maximum Gasteiger partial charge on any atom is 0.242 e. The highest BCUT2D eigenvalue weighted by Gasteiger charge is 2.29. The molecular formula is C13H19N3O3S. The van der Waals surface area contributed by atoms with Gasteiger partial charge < -0.3 is 20.7 Å². The minimum Gasteiger partial charge on any atom is -0.367 e. The Morgan fingerprint density at radius 3 is 3.00 bits per heavy atom. The Morgan fingerprint density at radius 1 is 1.55 bits per heavy atom. The van der Waals surface area contributed by atoms with Crippen molar-refractivity contribution in [1.29, 1.82) is 0 Å². The van der Waals surface area contributed by atoms with Gasteiger partial charge in [-0.25, -0.2) is 0 Å². The predicted octanol–water partition coefficient (Wildman–Crippen LogP) is 0.111. The zero-order chi connectivity index (χ0) is 14.5. The number of rotatable bonds is 4. The lowest BCUT2D eigenvalue weighted by Crippen LogP contribution is -2.49. The number of amides is 2. The van der Waals surface area contributed by atoms with Gasteiger partial charge in [-0.15, -0.1) is 0 Å². The van der Waals surface area contributed by atoms with Gasteiger partial charge in [0.1, 0.15) is 6.10 Å². The summed E-state index contributed by atoms with van der Waals surface area (Å²) in [4.78, 5) is 24.9. The van der Waals surface area contributed by atoms with Crippen molar-refractivity contribution in [2.24, 2.45) is 5.73 Å². The molecule has 1 aromatic heterocycles. The van der Waals surface area contributed by atoms with Crippen molar-refractivity contribution in [2.75, 3.05) is 26.2 Å². The van der Waals surface area contributed by atoms with Crippen LogP contribution in [0.5, 0.6) is 0 Å². The van der Waals surface area contributed by atoms with E-state index in [1.165, 1.54) is 0 Å². The number of carbonyl (C=O) groups is 2. The second-order valence-electron chi connectivity index (χ2n) is 4.77. The first kappa shape index (κ1) is 15.0. The molecule has 2 amide bonds. The van der Waals surface area contributed by atoms with Crippen LogP contribution < -0.4 is 11.1 Å². The molecule has 0 spiro atoms. The third-order valence-corrected chi connectivity index (χ3v) is 3.85. The van der Waals surface area contributed by atoms with E-state index < -0.39 is 0 Å². The molecule has 3 N–H and O–H groups in total. The summed E-state index contributed by atoms with van der Waals surface area (Å²) in [6.07, 6.45) is -0.123. The first-order valence-corrected chi connectivity index (χ1v) is 7.46. The van der Waals surface area contributed by atoms with E-state index in [9.17, 15) is 9.59 Å². The molecule has 110 valence electrons. The SMILES string of the molecule is CC1CN(C(=O)CNC(=O)CN)CC(c2ccsc2)O1. The van der Waals surface area contributed by atoms with Gasteiger partial charge in [0.2, 0.25) is 11.8 Å². The summed E-state index contributed by atoms with van der Waals surface area (Å²) < 4.78 is 5.86. The van der Waals surface area contributed by atoms with Crippen molar-refractivity contribution in [2.45, 2.75) is 19.1 Å². The number of nitrogens with two attached hydrogens (primary N) is 1. The van der Waals surface area contributed by atoms with E-state index in [0.717, 1.165) is 5.56 Å². The summed E-state index contributed by atoms with van der Waals surface area (Å²) in [7, 11) is 0. The molecule has 7 heteroatoms. The molecule has 2 rings (SSSR count). The summed E-state index contributed by atoms with van der Waals surface area (Å²) >= 11 is 1.61. The Balaban J connectivity index is 1.94. The summed E-state index contributed by atoms with van der Waals surface area (Å²) in [6, 6.07) is 2.01. The number of carbonyl (C=O) groups excluding carboxylic acids is 2. The number of ether oxygens (including phenoxy) is 1. The topological polar surface area (TPSA) is 84.7 Å². The Kier molecular flexibility index (Phi) is 5.11. The van der Waals surface area contributed by atoms with E-state index in [2.05, 4.69) is 5.32 Å². The maximum absolute atomic E-state index is 12.1. The summed E-state index contributed by atoms with van der Waals surface area (Å²) in [5.74, 6) is -0.434. The van der Waals surface area contributed by atoms with E-state index in [4.69, 9.17) is 10.5 Å². The van der Waals surface area contributed by atoms with Gasteiger partial charge in [-0.1, -0.05) is 0 Å². The lowest BCUT2D eigenvalue weighted by Gasteiger charge is -2.36. The molecule has 2 unspecified atom stereocenters. The van der Waals surface area contributed by atoms with Crippen LogP contribution in [0.15, 0.2) is 16.8 Å². The first-order chi connectivity index (χ1) is 9.60. The molecule has 2 heterocycles. The van der Waals surface area contributed by atoms with Crippen molar-refractivity contribution < 1.29 is 14.3 Å². The molecule has 1 aliphatic heterocycles. The lowest BCUT2D eigenvalue weighted by molar-refractivity contribution is -0.144. The van der Waals surface area contributed by atoms with Gasteiger partial charge in [0.05, 0.1) is 25.7 Å². The zero-order valence-electron chi connectivity index (χ0n) is 11.4. The molecule has 2 atom stereocenters. The van der Waals surface area contributed by atoms with Crippen LogP contribution in [0.1, 0.15) is 18.6 Å². The molecule has 20 heavy (non-hydrogen) atoms. The van der Waals surface area contributed by atoms with Gasteiger partial charge >= 0.3 is 0 Å². The van der Waals surface area contributed by atoms with Gasteiger partial charge in [0.25, 0.3) is 0 Å². The number of thiophene rings is 1. The van der Waals surface area contributed by atoms with Crippen molar-refractivity contribution in [3.63, 3.8) is 0 Å². The molecule has 1 fully saturated rings. The van der Waals surface area contributed by atoms with Crippen molar-refractivity contribution in [1.82, 2.24) is 10.2 Å². The number of hydrogen-bond acceptors (Lipinski definition) is 5. The van der Waals surface area contributed by atoms with Crippen molar-refractivity contribution >= 4 is 23.2 Å². The van der Waals surface area contributed by atoms with Crippen LogP contribution in [0.3, 0.4) is 0 Å². The second kappa shape index (κ2) is 6.83. The van der Waals surface area contributed by atoms with E-state index in [-0.39, 0.29) is 37.1 Å². The molecular weight excluding hydrogens is 278 g/mol. The Labute approximate surface area is 121 Å². The summed E-state index contributed by atoms with van der Waals surface area (Å²) in [5, 5.41) is 6.52. The molecule has 6 nitrogen and oxygen atoms in total. The highest BCUT2D eigenvalue weighted by atomic mass is 32.1. The molecule has 0 bridgehead atoms. The summed E-state index contributed by atoms with van der Waals surface area (Å²) in [5.41, 5.74) is 6.28. The molecule has 0 radical (unpaired) electrons. The van der Waals surface area contributed by atoms with Crippen LogP contribution >= 0.6 is 11.3 Å². The number of nitrogens with zero attached hydrogens (tertiary/aromatic N) is 1. The fourth-order valence-electron chi connectivity index (χ4n) is 2.16. The second-order valence-corrected chi connectivity index (χ2v) is 5.55. The largest absolute Gasteiger partial charge is 0.367 e. The van der Waals surface area contributed by atoms with E-state index >= 15 is 0 Å². The van der Waals surface area contributed by atoms with Crippen LogP contribution in [-0.2, 0) is 14.3 Å². The molecule has 0 aromatic carbocycles. The first-order valence-electron chi connectivity index (χ1n) is 6.52. The minimum absolute atomic E-state index is 0.0148. The van der Waals surface area contributed by atoms with Crippen LogP contribution in [-0.4, -0.2) is 49.0 Å². The van der Waals surface area contributed by atoms with Gasteiger partial charge in [-0.3, -0.25) is 9.59 Å². The van der Waals surface area contributed by atoms with Gasteiger partial charge in [0.15, 0.2) is 0 Å². The van der Waals surface area contributed by atoms with Gasteiger partial charge in [-0.05, 0) is 29.3 Å². The van der Waals surface area contributed by atoms with Crippen LogP contribution in [0.25, 0.3) is 0 Å². The quantitative estimate of drug-likeness (QED) is 0.826. The van der Waals surface area contributed by atoms with E-state index in [0.29, 0.717) is 13.1 Å². The van der Waals surface area contributed by atoms with Crippen molar-refractivity contribution in [3.8, 4) is 0 Å². The monoisotopic (exact) mass is 297 g/mol. The van der Waals surface area contributed by atoms with E-state index in [1.54, 1.807) is 16.2 Å². The predicted molar refractivity (Wildman–Crippen MR) is 76.3 cm³/mol. The Bertz CT molecular complexity index is 463. The van der Waals surface area contributed by atoms with Crippen LogP contribution in [0.4, 0.5) is 0 Å². The smallest absolute Gasteiger partial charge is 0.242 e. The zero-order valence-corrected chi connectivity index (χ0v) is 12.2. The number of nitrogens with one attached hydrogen (secondary N) is 1. The van der Waals surface area contributed by atoms with Crippen LogP contribution in [0.2, 0.25) is 0 Å². The molecule has 0 aliphatic carbocycles. The molecule has 0 saturated carbocycles. The Hall–Kier alpha value is -1.44. The highest BCUT2D eigenvalue weighted by Crippen LogP contribution is 2.26. The van der Waals surface area contributed by atoms with Crippen molar-refractivity contribution in [3.05, 3.63) is 22.4 Å². The van der Waals surface area contributed by atoms with Gasteiger partial charge in [-0.2, -0.15) is 11.3 Å². The molecule has 1 saturated heterocycles. The lowest BCUT2D eigenvalue weighted by atomic mass is 10.1. The summed E-state index contributed by atoms with van der Waals surface area (Å²) in [6.45, 7) is 2.87. The average Bonchev–Trinajstić information content (AvgIpc) is 2.97. The highest BCUT2D eigenvalue weighted by molar-refractivity contribution is 7.07.